The molecule has 4 fully saturated rings. The van der Waals surface area contributed by atoms with E-state index in [1.165, 1.54) is 44.9 Å². The molecule has 0 aliphatic heterocycles. The third-order valence-corrected chi connectivity index (χ3v) is 5.41. The summed E-state index contributed by atoms with van der Waals surface area (Å²) < 4.78 is 0. The normalized spacial score (nSPS) is 54.9. The average molecular weight is 190 g/mol. The molecule has 78 valence electrons. The summed E-state index contributed by atoms with van der Waals surface area (Å²) in [7, 11) is 0. The van der Waals surface area contributed by atoms with Crippen LogP contribution in [0.25, 0.3) is 0 Å². The molecule has 0 spiro atoms. The molecule has 0 nitrogen and oxygen atoms in total. The molecule has 0 heteroatoms. The molecule has 4 saturated carbocycles. The highest BCUT2D eigenvalue weighted by molar-refractivity contribution is 5.12. The molecule has 4 aliphatic rings. The number of hydrogen-bond acceptors (Lipinski definition) is 0. The van der Waals surface area contributed by atoms with Crippen molar-refractivity contribution in [3.63, 3.8) is 0 Å². The molecule has 0 N–H and O–H groups in total. The monoisotopic (exact) mass is 190 g/mol. The molecular formula is C14H22. The van der Waals surface area contributed by atoms with Gasteiger partial charge in [-0.25, -0.2) is 0 Å². The van der Waals surface area contributed by atoms with Gasteiger partial charge in [-0.15, -0.1) is 6.58 Å². The van der Waals surface area contributed by atoms with E-state index in [1.54, 1.807) is 0 Å². The second-order valence-corrected chi connectivity index (χ2v) is 6.38. The van der Waals surface area contributed by atoms with Crippen molar-refractivity contribution in [3.8, 4) is 0 Å². The van der Waals surface area contributed by atoms with E-state index in [1.807, 2.05) is 0 Å². The number of allylic oxidation sites excluding steroid dienone is 1. The molecular weight excluding hydrogens is 168 g/mol. The molecule has 0 aromatic carbocycles. The fraction of sp³-hybridized carbons (Fsp3) is 0.857. The summed E-state index contributed by atoms with van der Waals surface area (Å²) in [6.45, 7) is 6.52. The summed E-state index contributed by atoms with van der Waals surface area (Å²) in [6.07, 6.45) is 12.7. The topological polar surface area (TPSA) is 0 Å². The third-order valence-electron chi connectivity index (χ3n) is 5.41. The van der Waals surface area contributed by atoms with Gasteiger partial charge < -0.3 is 0 Å². The van der Waals surface area contributed by atoms with Gasteiger partial charge in [-0.05, 0) is 61.2 Å². The Balaban J connectivity index is 1.97. The van der Waals surface area contributed by atoms with Crippen molar-refractivity contribution in [3.05, 3.63) is 12.7 Å². The Labute approximate surface area is 87.8 Å². The maximum Gasteiger partial charge on any atom is -0.0110 e. The smallest absolute Gasteiger partial charge is 0.0110 e. The fourth-order valence-corrected chi connectivity index (χ4v) is 5.18. The van der Waals surface area contributed by atoms with Crippen LogP contribution in [-0.2, 0) is 0 Å². The molecule has 0 aromatic rings. The van der Waals surface area contributed by atoms with Crippen LogP contribution in [0.1, 0.15) is 51.9 Å². The molecule has 2 unspecified atom stereocenters. The summed E-state index contributed by atoms with van der Waals surface area (Å²) >= 11 is 0. The molecule has 4 bridgehead atoms. The van der Waals surface area contributed by atoms with Gasteiger partial charge in [-0.3, -0.25) is 0 Å². The molecule has 0 amide bonds. The molecule has 0 aromatic heterocycles. The Kier molecular flexibility index (Phi) is 1.70. The van der Waals surface area contributed by atoms with E-state index in [0.717, 1.165) is 17.3 Å². The Morgan fingerprint density at radius 3 is 2.36 bits per heavy atom. The number of rotatable bonds is 2. The predicted octanol–water partition coefficient (Wildman–Crippen LogP) is 4.17. The van der Waals surface area contributed by atoms with Gasteiger partial charge in [0.15, 0.2) is 0 Å². The summed E-state index contributed by atoms with van der Waals surface area (Å²) in [5.41, 5.74) is 1.30. The van der Waals surface area contributed by atoms with Gasteiger partial charge in [-0.1, -0.05) is 19.4 Å². The van der Waals surface area contributed by atoms with Gasteiger partial charge in [0.25, 0.3) is 0 Å². The summed E-state index contributed by atoms with van der Waals surface area (Å²) in [5.74, 6) is 2.10. The zero-order valence-electron chi connectivity index (χ0n) is 9.39. The van der Waals surface area contributed by atoms with Crippen molar-refractivity contribution in [2.75, 3.05) is 0 Å². The van der Waals surface area contributed by atoms with Crippen LogP contribution in [-0.4, -0.2) is 0 Å². The van der Waals surface area contributed by atoms with E-state index in [-0.39, 0.29) is 0 Å². The van der Waals surface area contributed by atoms with E-state index in [0.29, 0.717) is 5.41 Å². The van der Waals surface area contributed by atoms with Gasteiger partial charge in [0.05, 0.1) is 0 Å². The fourth-order valence-electron chi connectivity index (χ4n) is 5.18. The Morgan fingerprint density at radius 2 is 1.86 bits per heavy atom. The Bertz CT molecular complexity index is 249. The van der Waals surface area contributed by atoms with Crippen LogP contribution in [0, 0.1) is 22.7 Å². The quantitative estimate of drug-likeness (QED) is 0.573. The molecule has 0 saturated heterocycles. The lowest BCUT2D eigenvalue weighted by Crippen LogP contribution is -2.50. The average Bonchev–Trinajstić information content (AvgIpc) is 2.16. The van der Waals surface area contributed by atoms with E-state index >= 15 is 0 Å². The highest BCUT2D eigenvalue weighted by Gasteiger charge is 2.55. The summed E-state index contributed by atoms with van der Waals surface area (Å²) in [6, 6.07) is 0. The lowest BCUT2D eigenvalue weighted by molar-refractivity contribution is -0.0889. The van der Waals surface area contributed by atoms with Gasteiger partial charge in [0, 0.05) is 0 Å². The molecule has 0 radical (unpaired) electrons. The van der Waals surface area contributed by atoms with Crippen LogP contribution in [0.15, 0.2) is 12.7 Å². The van der Waals surface area contributed by atoms with Crippen LogP contribution < -0.4 is 0 Å². The minimum Gasteiger partial charge on any atom is -0.103 e. The molecule has 4 rings (SSSR count). The van der Waals surface area contributed by atoms with E-state index in [2.05, 4.69) is 19.6 Å². The SMILES string of the molecule is C=CC12CC3CC(C1)CC(CC)(C3)C2. The van der Waals surface area contributed by atoms with Gasteiger partial charge in [-0.2, -0.15) is 0 Å². The van der Waals surface area contributed by atoms with Crippen LogP contribution in [0.3, 0.4) is 0 Å². The van der Waals surface area contributed by atoms with Gasteiger partial charge in [0.2, 0.25) is 0 Å². The molecule has 14 heavy (non-hydrogen) atoms. The molecule has 0 heterocycles. The number of hydrogen-bond donors (Lipinski definition) is 0. The third kappa shape index (κ3) is 1.06. The van der Waals surface area contributed by atoms with Crippen LogP contribution in [0.4, 0.5) is 0 Å². The molecule has 4 aliphatic carbocycles. The Hall–Kier alpha value is -0.260. The van der Waals surface area contributed by atoms with Crippen molar-refractivity contribution in [1.82, 2.24) is 0 Å². The van der Waals surface area contributed by atoms with E-state index in [9.17, 15) is 0 Å². The zero-order valence-corrected chi connectivity index (χ0v) is 9.39. The highest BCUT2D eigenvalue weighted by Crippen LogP contribution is 2.66. The maximum absolute atomic E-state index is 4.12. The first-order valence-electron chi connectivity index (χ1n) is 6.33. The van der Waals surface area contributed by atoms with Crippen LogP contribution in [0.2, 0.25) is 0 Å². The van der Waals surface area contributed by atoms with Crippen molar-refractivity contribution >= 4 is 0 Å². The Morgan fingerprint density at radius 1 is 1.21 bits per heavy atom. The predicted molar refractivity (Wildman–Crippen MR) is 60.0 cm³/mol. The second-order valence-electron chi connectivity index (χ2n) is 6.38. The van der Waals surface area contributed by atoms with E-state index < -0.39 is 0 Å². The van der Waals surface area contributed by atoms with E-state index in [4.69, 9.17) is 0 Å². The summed E-state index contributed by atoms with van der Waals surface area (Å²) in [5, 5.41) is 0. The first-order valence-corrected chi connectivity index (χ1v) is 6.33. The maximum atomic E-state index is 4.12. The summed E-state index contributed by atoms with van der Waals surface area (Å²) in [4.78, 5) is 0. The lowest BCUT2D eigenvalue weighted by Gasteiger charge is -2.61. The molecule has 2 atom stereocenters. The minimum atomic E-state index is 0.570. The van der Waals surface area contributed by atoms with Crippen molar-refractivity contribution in [1.29, 1.82) is 0 Å². The van der Waals surface area contributed by atoms with Crippen molar-refractivity contribution in [2.45, 2.75) is 51.9 Å². The van der Waals surface area contributed by atoms with Crippen molar-refractivity contribution in [2.24, 2.45) is 22.7 Å². The van der Waals surface area contributed by atoms with Gasteiger partial charge in [0.1, 0.15) is 0 Å². The minimum absolute atomic E-state index is 0.570. The zero-order chi connectivity index (χ0) is 9.81. The van der Waals surface area contributed by atoms with Gasteiger partial charge >= 0.3 is 0 Å². The largest absolute Gasteiger partial charge is 0.103 e. The first kappa shape index (κ1) is 9.00. The first-order chi connectivity index (χ1) is 6.69. The lowest BCUT2D eigenvalue weighted by atomic mass is 9.44. The second kappa shape index (κ2) is 2.65. The standard InChI is InChI=1S/C14H22/c1-3-13-6-11-5-12(7-13)9-14(4-2,8-11)10-13/h3,11-12H,1,4-10H2,2H3. The van der Waals surface area contributed by atoms with Crippen LogP contribution in [0.5, 0.6) is 0 Å². The van der Waals surface area contributed by atoms with Crippen LogP contribution >= 0.6 is 0 Å². The van der Waals surface area contributed by atoms with Crippen molar-refractivity contribution < 1.29 is 0 Å². The highest BCUT2D eigenvalue weighted by atomic mass is 14.6.